The van der Waals surface area contributed by atoms with Gasteiger partial charge in [-0.1, -0.05) is 30.1 Å². The fourth-order valence-corrected chi connectivity index (χ4v) is 4.79. The van der Waals surface area contributed by atoms with Crippen molar-refractivity contribution in [1.82, 2.24) is 4.90 Å². The Labute approximate surface area is 190 Å². The third-order valence-corrected chi connectivity index (χ3v) is 6.60. The summed E-state index contributed by atoms with van der Waals surface area (Å²) in [6, 6.07) is 8.88. The quantitative estimate of drug-likeness (QED) is 0.609. The number of aryl methyl sites for hydroxylation is 1. The van der Waals surface area contributed by atoms with Crippen LogP contribution >= 0.6 is 23.2 Å². The van der Waals surface area contributed by atoms with E-state index >= 15 is 0 Å². The molecule has 1 fully saturated rings. The third kappa shape index (κ3) is 3.76. The Bertz CT molecular complexity index is 1170. The van der Waals surface area contributed by atoms with Gasteiger partial charge in [0.05, 0.1) is 46.0 Å². The number of carbonyl (C=O) groups is 2. The Morgan fingerprint density at radius 1 is 1.19 bits per heavy atom. The maximum absolute atomic E-state index is 13.5. The topological polar surface area (TPSA) is 70.4 Å². The smallest absolute Gasteiger partial charge is 0.255 e. The van der Waals surface area contributed by atoms with Gasteiger partial charge in [-0.05, 0) is 54.0 Å². The van der Waals surface area contributed by atoms with Gasteiger partial charge in [-0.25, -0.2) is 0 Å². The van der Waals surface area contributed by atoms with E-state index in [9.17, 15) is 14.9 Å². The normalized spacial score (nSPS) is 17.7. The molecule has 158 valence electrons. The zero-order valence-electron chi connectivity index (χ0n) is 17.2. The molecule has 0 radical (unpaired) electrons. The van der Waals surface area contributed by atoms with Crippen LogP contribution in [0.3, 0.4) is 0 Å². The van der Waals surface area contributed by atoms with Crippen LogP contribution in [0.5, 0.6) is 0 Å². The molecule has 1 heterocycles. The minimum atomic E-state index is -0.312. The van der Waals surface area contributed by atoms with Gasteiger partial charge < -0.3 is 9.64 Å². The summed E-state index contributed by atoms with van der Waals surface area (Å²) in [6.45, 7) is 5.71. The van der Waals surface area contributed by atoms with Gasteiger partial charge in [-0.3, -0.25) is 9.59 Å². The fourth-order valence-electron chi connectivity index (χ4n) is 4.16. The predicted octanol–water partition coefficient (Wildman–Crippen LogP) is 5.03. The van der Waals surface area contributed by atoms with Crippen molar-refractivity contribution in [2.24, 2.45) is 0 Å². The number of hydrogen-bond acceptors (Lipinski definition) is 4. The number of ether oxygens (including phenoxy) is 1. The number of carbonyl (C=O) groups excluding carboxylic acids is 2. The minimum absolute atomic E-state index is 0.0625. The zero-order chi connectivity index (χ0) is 22.3. The molecule has 7 heteroatoms. The number of morpholine rings is 1. The first-order chi connectivity index (χ1) is 14.8. The number of allylic oxidation sites excluding steroid dienone is 1. The number of hydrogen-bond donors (Lipinski definition) is 0. The molecule has 0 aromatic heterocycles. The molecule has 2 aliphatic rings. The van der Waals surface area contributed by atoms with Gasteiger partial charge in [-0.15, -0.1) is 0 Å². The van der Waals surface area contributed by atoms with E-state index in [0.717, 1.165) is 16.7 Å². The summed E-state index contributed by atoms with van der Waals surface area (Å²) < 4.78 is 5.30. The Morgan fingerprint density at radius 2 is 1.90 bits per heavy atom. The lowest BCUT2D eigenvalue weighted by molar-refractivity contribution is 0.0303. The molecule has 4 rings (SSSR count). The number of amides is 1. The van der Waals surface area contributed by atoms with E-state index in [0.29, 0.717) is 37.4 Å². The lowest BCUT2D eigenvalue weighted by Crippen LogP contribution is -2.40. The molecule has 2 aromatic carbocycles. The van der Waals surface area contributed by atoms with Gasteiger partial charge >= 0.3 is 0 Å². The molecule has 2 aromatic rings. The third-order valence-electron chi connectivity index (χ3n) is 5.89. The van der Waals surface area contributed by atoms with Gasteiger partial charge in [-0.2, -0.15) is 5.26 Å². The van der Waals surface area contributed by atoms with Crippen molar-refractivity contribution < 1.29 is 14.3 Å². The Morgan fingerprint density at radius 3 is 2.58 bits per heavy atom. The van der Waals surface area contributed by atoms with E-state index in [1.807, 2.05) is 26.0 Å². The lowest BCUT2D eigenvalue weighted by atomic mass is 9.90. The number of nitriles is 1. The summed E-state index contributed by atoms with van der Waals surface area (Å²) in [6.07, 6.45) is 1.84. The summed E-state index contributed by atoms with van der Waals surface area (Å²) >= 11 is 13.0. The molecular weight excluding hydrogens is 435 g/mol. The first-order valence-corrected chi connectivity index (χ1v) is 10.7. The molecule has 1 aliphatic carbocycles. The summed E-state index contributed by atoms with van der Waals surface area (Å²) in [5.41, 5.74) is 4.26. The van der Waals surface area contributed by atoms with E-state index in [4.69, 9.17) is 27.9 Å². The van der Waals surface area contributed by atoms with E-state index in [1.54, 1.807) is 23.1 Å². The first kappa shape index (κ1) is 21.6. The van der Waals surface area contributed by atoms with Crippen LogP contribution in [0.25, 0.3) is 6.08 Å². The molecule has 0 bridgehead atoms. The maximum atomic E-state index is 13.5. The summed E-state index contributed by atoms with van der Waals surface area (Å²) in [5.74, 6) is -0.779. The van der Waals surface area contributed by atoms with Crippen LogP contribution in [0.1, 0.15) is 55.8 Å². The van der Waals surface area contributed by atoms with Crippen molar-refractivity contribution in [2.45, 2.75) is 19.8 Å². The summed E-state index contributed by atoms with van der Waals surface area (Å²) in [4.78, 5) is 28.2. The van der Waals surface area contributed by atoms with Crippen molar-refractivity contribution >= 4 is 41.0 Å². The molecule has 0 saturated carbocycles. The monoisotopic (exact) mass is 454 g/mol. The van der Waals surface area contributed by atoms with Gasteiger partial charge in [0.1, 0.15) is 0 Å². The Balaban J connectivity index is 1.72. The molecule has 1 atom stereocenters. The molecule has 5 nitrogen and oxygen atoms in total. The number of halogens is 2. The summed E-state index contributed by atoms with van der Waals surface area (Å²) in [7, 11) is 0. The number of rotatable bonds is 3. The van der Waals surface area contributed by atoms with Crippen LogP contribution in [-0.4, -0.2) is 42.9 Å². The van der Waals surface area contributed by atoms with Crippen LogP contribution in [0.15, 0.2) is 29.8 Å². The molecule has 0 N–H and O–H groups in total. The second kappa shape index (κ2) is 8.47. The second-order valence-corrected chi connectivity index (χ2v) is 8.53. The maximum Gasteiger partial charge on any atom is 0.255 e. The van der Waals surface area contributed by atoms with Crippen molar-refractivity contribution in [2.75, 3.05) is 26.3 Å². The molecule has 31 heavy (non-hydrogen) atoms. The average Bonchev–Trinajstić information content (AvgIpc) is 3.11. The first-order valence-electron chi connectivity index (χ1n) is 9.99. The highest BCUT2D eigenvalue weighted by Crippen LogP contribution is 2.42. The van der Waals surface area contributed by atoms with Crippen LogP contribution in [-0.2, 0) is 4.74 Å². The highest BCUT2D eigenvalue weighted by Gasteiger charge is 2.32. The van der Waals surface area contributed by atoms with Crippen LogP contribution < -0.4 is 0 Å². The largest absolute Gasteiger partial charge is 0.378 e. The van der Waals surface area contributed by atoms with Crippen molar-refractivity contribution in [3.8, 4) is 6.07 Å². The number of Topliss-reactive ketones (excluding diaryl/α,β-unsaturated/α-hetero) is 1. The minimum Gasteiger partial charge on any atom is -0.378 e. The van der Waals surface area contributed by atoms with Gasteiger partial charge in [0, 0.05) is 24.6 Å². The Kier molecular flexibility index (Phi) is 5.90. The Hall–Kier alpha value is -2.65. The lowest BCUT2D eigenvalue weighted by Gasteiger charge is -2.27. The average molecular weight is 455 g/mol. The highest BCUT2D eigenvalue weighted by molar-refractivity contribution is 6.43. The zero-order valence-corrected chi connectivity index (χ0v) is 18.7. The van der Waals surface area contributed by atoms with Crippen LogP contribution in [0.4, 0.5) is 0 Å². The van der Waals surface area contributed by atoms with E-state index in [1.165, 1.54) is 0 Å². The fraction of sp³-hybridized carbons (Fsp3) is 0.292. The predicted molar refractivity (Wildman–Crippen MR) is 120 cm³/mol. The molecular formula is C24H20Cl2N2O3. The number of benzene rings is 2. The molecule has 0 spiro atoms. The highest BCUT2D eigenvalue weighted by atomic mass is 35.5. The SMILES string of the molecule is Cc1cc(C#N)cc2c1C=C(C(=O)c1c(Cl)ccc(C(=O)N3CCOCC3)c1Cl)C2C. The molecule has 1 aliphatic heterocycles. The van der Waals surface area contributed by atoms with Crippen molar-refractivity contribution in [3.05, 3.63) is 73.3 Å². The van der Waals surface area contributed by atoms with Gasteiger partial charge in [0.2, 0.25) is 0 Å². The molecule has 1 unspecified atom stereocenters. The van der Waals surface area contributed by atoms with Gasteiger partial charge in [0.15, 0.2) is 5.78 Å². The van der Waals surface area contributed by atoms with E-state index < -0.39 is 0 Å². The van der Waals surface area contributed by atoms with Gasteiger partial charge in [0.25, 0.3) is 5.91 Å². The van der Waals surface area contributed by atoms with Crippen molar-refractivity contribution in [3.63, 3.8) is 0 Å². The van der Waals surface area contributed by atoms with Crippen LogP contribution in [0.2, 0.25) is 10.0 Å². The molecule has 1 amide bonds. The number of fused-ring (bicyclic) bond motifs is 1. The second-order valence-electron chi connectivity index (χ2n) is 7.75. The van der Waals surface area contributed by atoms with Crippen molar-refractivity contribution in [1.29, 1.82) is 5.26 Å². The van der Waals surface area contributed by atoms with E-state index in [-0.39, 0.29) is 38.8 Å². The standard InChI is InChI=1S/C24H20Cl2N2O3/c1-13-9-15(12-27)10-18-14(2)19(11-17(13)18)23(29)21-20(25)4-3-16(22(21)26)24(30)28-5-7-31-8-6-28/h3-4,9-11,14H,5-8H2,1-2H3. The molecule has 1 saturated heterocycles. The van der Waals surface area contributed by atoms with Crippen LogP contribution in [0, 0.1) is 18.3 Å². The number of nitrogens with zero attached hydrogens (tertiary/aromatic N) is 2. The van der Waals surface area contributed by atoms with E-state index in [2.05, 4.69) is 6.07 Å². The number of ketones is 1. The summed E-state index contributed by atoms with van der Waals surface area (Å²) in [5, 5.41) is 9.55.